The van der Waals surface area contributed by atoms with Gasteiger partial charge in [0.15, 0.2) is 6.61 Å². The topological polar surface area (TPSA) is 131 Å². The van der Waals surface area contributed by atoms with Crippen LogP contribution in [0.1, 0.15) is 57.8 Å². The van der Waals surface area contributed by atoms with Gasteiger partial charge in [0, 0.05) is 26.3 Å². The Labute approximate surface area is 173 Å². The van der Waals surface area contributed by atoms with Crippen LogP contribution in [0.2, 0.25) is 0 Å². The number of rotatable bonds is 9. The number of methoxy groups -OCH3 is 1. The fraction of sp³-hybridized carbons (Fsp3) is 0.450. The molecule has 2 rings (SSSR count). The summed E-state index contributed by atoms with van der Waals surface area (Å²) in [5, 5.41) is 4.60. The maximum absolute atomic E-state index is 12.5. The third kappa shape index (κ3) is 5.63. The first-order valence-corrected chi connectivity index (χ1v) is 9.55. The minimum absolute atomic E-state index is 0.0190. The van der Waals surface area contributed by atoms with Crippen molar-refractivity contribution in [3.8, 4) is 0 Å². The molecular weight excluding hydrogens is 394 g/mol. The summed E-state index contributed by atoms with van der Waals surface area (Å²) in [5.74, 6) is -2.58. The molecule has 0 spiro atoms. The van der Waals surface area contributed by atoms with Crippen molar-refractivity contribution in [2.75, 3.05) is 26.9 Å². The lowest BCUT2D eigenvalue weighted by Gasteiger charge is -2.12. The van der Waals surface area contributed by atoms with Crippen LogP contribution in [0.25, 0.3) is 0 Å². The first kappa shape index (κ1) is 23.0. The molecule has 0 aromatic heterocycles. The van der Waals surface area contributed by atoms with E-state index in [1.54, 1.807) is 6.92 Å². The summed E-state index contributed by atoms with van der Waals surface area (Å²) in [5.41, 5.74) is 0.322. The van der Waals surface area contributed by atoms with Crippen LogP contribution in [-0.2, 0) is 14.3 Å². The van der Waals surface area contributed by atoms with Crippen LogP contribution in [0.15, 0.2) is 18.2 Å². The quantitative estimate of drug-likeness (QED) is 0.348. The minimum Gasteiger partial charge on any atom is -0.452 e. The molecule has 1 aromatic carbocycles. The molecule has 10 heteroatoms. The molecule has 0 radical (unpaired) electrons. The molecule has 0 saturated carbocycles. The molecule has 1 aliphatic heterocycles. The Morgan fingerprint density at radius 1 is 1.13 bits per heavy atom. The zero-order valence-corrected chi connectivity index (χ0v) is 17.1. The molecule has 10 nitrogen and oxygen atoms in total. The van der Waals surface area contributed by atoms with E-state index in [0.29, 0.717) is 19.4 Å². The number of hydrogen-bond donors (Lipinski definition) is 2. The van der Waals surface area contributed by atoms with Crippen molar-refractivity contribution in [2.24, 2.45) is 0 Å². The molecule has 5 amide bonds. The molecule has 1 heterocycles. The molecule has 162 valence electrons. The summed E-state index contributed by atoms with van der Waals surface area (Å²) in [6.45, 7) is 3.60. The maximum Gasteiger partial charge on any atom is 0.338 e. The van der Waals surface area contributed by atoms with Crippen LogP contribution in [0, 0.1) is 0 Å². The zero-order valence-electron chi connectivity index (χ0n) is 17.1. The molecule has 2 N–H and O–H groups in total. The fourth-order valence-corrected chi connectivity index (χ4v) is 2.73. The van der Waals surface area contributed by atoms with E-state index >= 15 is 0 Å². The first-order valence-electron chi connectivity index (χ1n) is 9.55. The summed E-state index contributed by atoms with van der Waals surface area (Å²) < 4.78 is 9.82. The van der Waals surface area contributed by atoms with Crippen molar-refractivity contribution < 1.29 is 33.4 Å². The Hall–Kier alpha value is -3.27. The van der Waals surface area contributed by atoms with Crippen molar-refractivity contribution in [3.05, 3.63) is 34.9 Å². The second-order valence-electron chi connectivity index (χ2n) is 6.78. The second kappa shape index (κ2) is 10.5. The van der Waals surface area contributed by atoms with Crippen molar-refractivity contribution in [1.82, 2.24) is 15.5 Å². The number of carbonyl (C=O) groups excluding carboxylic acids is 5. The van der Waals surface area contributed by atoms with Gasteiger partial charge in [0.1, 0.15) is 0 Å². The van der Waals surface area contributed by atoms with Crippen molar-refractivity contribution in [1.29, 1.82) is 0 Å². The lowest BCUT2D eigenvalue weighted by molar-refractivity contribution is -0.123. The molecule has 1 aromatic rings. The largest absolute Gasteiger partial charge is 0.452 e. The van der Waals surface area contributed by atoms with E-state index < -0.39 is 36.3 Å². The molecular formula is C20H25N3O7. The second-order valence-corrected chi connectivity index (χ2v) is 6.78. The van der Waals surface area contributed by atoms with E-state index in [2.05, 4.69) is 10.6 Å². The number of nitrogens with zero attached hydrogens (tertiary/aromatic N) is 1. The predicted molar refractivity (Wildman–Crippen MR) is 105 cm³/mol. The highest BCUT2D eigenvalue weighted by atomic mass is 16.5. The normalized spacial score (nSPS) is 13.6. The number of nitrogens with one attached hydrogen (secondary N) is 2. The maximum atomic E-state index is 12.5. The van der Waals surface area contributed by atoms with Gasteiger partial charge in [-0.05, 0) is 38.0 Å². The van der Waals surface area contributed by atoms with Crippen LogP contribution in [-0.4, -0.2) is 67.5 Å². The molecule has 0 fully saturated rings. The van der Waals surface area contributed by atoms with Gasteiger partial charge < -0.3 is 14.8 Å². The Balaban J connectivity index is 1.95. The van der Waals surface area contributed by atoms with Gasteiger partial charge in [-0.3, -0.25) is 24.6 Å². The van der Waals surface area contributed by atoms with E-state index in [1.165, 1.54) is 25.3 Å². The average Bonchev–Trinajstić information content (AvgIpc) is 2.96. The number of benzene rings is 1. The number of esters is 1. The number of urea groups is 1. The Kier molecular flexibility index (Phi) is 8.05. The van der Waals surface area contributed by atoms with Crippen LogP contribution in [0.3, 0.4) is 0 Å². The summed E-state index contributed by atoms with van der Waals surface area (Å²) in [4.78, 5) is 61.5. The van der Waals surface area contributed by atoms with Crippen molar-refractivity contribution in [2.45, 2.75) is 32.7 Å². The van der Waals surface area contributed by atoms with Crippen LogP contribution >= 0.6 is 0 Å². The summed E-state index contributed by atoms with van der Waals surface area (Å²) in [7, 11) is 1.53. The van der Waals surface area contributed by atoms with Gasteiger partial charge in [0.05, 0.1) is 16.7 Å². The number of carbonyl (C=O) groups is 5. The number of fused-ring (bicyclic) bond motifs is 1. The standard InChI is InChI=1S/C20H25N3O7/c1-4-12(2)21-20(28)22-16(24)11-30-19(27)13-6-7-14-15(10-13)18(26)23(17(14)25)8-5-9-29-3/h6-7,10,12H,4-5,8-9,11H2,1-3H3,(H2,21,22,24,28)/t12-/m0/s1. The van der Waals surface area contributed by atoms with E-state index in [1.807, 2.05) is 6.92 Å². The van der Waals surface area contributed by atoms with Gasteiger partial charge in [0.25, 0.3) is 17.7 Å². The number of ether oxygens (including phenoxy) is 2. The van der Waals surface area contributed by atoms with E-state index in [4.69, 9.17) is 9.47 Å². The van der Waals surface area contributed by atoms with E-state index in [9.17, 15) is 24.0 Å². The van der Waals surface area contributed by atoms with Crippen LogP contribution < -0.4 is 10.6 Å². The molecule has 1 atom stereocenters. The third-order valence-electron chi connectivity index (χ3n) is 4.51. The van der Waals surface area contributed by atoms with Gasteiger partial charge in [-0.25, -0.2) is 9.59 Å². The van der Waals surface area contributed by atoms with Gasteiger partial charge >= 0.3 is 12.0 Å². The lowest BCUT2D eigenvalue weighted by Crippen LogP contribution is -2.44. The SMILES string of the molecule is CC[C@H](C)NC(=O)NC(=O)COC(=O)c1ccc2c(c1)C(=O)N(CCCOC)C2=O. The van der Waals surface area contributed by atoms with E-state index in [0.717, 1.165) is 4.90 Å². The monoisotopic (exact) mass is 419 g/mol. The average molecular weight is 419 g/mol. The van der Waals surface area contributed by atoms with Crippen molar-refractivity contribution in [3.63, 3.8) is 0 Å². The van der Waals surface area contributed by atoms with Crippen LogP contribution in [0.5, 0.6) is 0 Å². The van der Waals surface area contributed by atoms with Gasteiger partial charge in [-0.15, -0.1) is 0 Å². The van der Waals surface area contributed by atoms with Gasteiger partial charge in [-0.2, -0.15) is 0 Å². The van der Waals surface area contributed by atoms with Gasteiger partial charge in [0.2, 0.25) is 0 Å². The smallest absolute Gasteiger partial charge is 0.338 e. The highest BCUT2D eigenvalue weighted by molar-refractivity contribution is 6.22. The predicted octanol–water partition coefficient (Wildman–Crippen LogP) is 1.10. The Morgan fingerprint density at radius 3 is 2.50 bits per heavy atom. The summed E-state index contributed by atoms with van der Waals surface area (Å²) in [6, 6.07) is 3.20. The van der Waals surface area contributed by atoms with Gasteiger partial charge in [-0.1, -0.05) is 6.92 Å². The Morgan fingerprint density at radius 2 is 1.83 bits per heavy atom. The molecule has 0 saturated heterocycles. The number of hydrogen-bond acceptors (Lipinski definition) is 7. The summed E-state index contributed by atoms with van der Waals surface area (Å²) in [6.07, 6.45) is 1.19. The van der Waals surface area contributed by atoms with Crippen molar-refractivity contribution >= 4 is 29.7 Å². The molecule has 0 unspecified atom stereocenters. The minimum atomic E-state index is -0.853. The van der Waals surface area contributed by atoms with Crippen LogP contribution in [0.4, 0.5) is 4.79 Å². The lowest BCUT2D eigenvalue weighted by atomic mass is 10.1. The number of amides is 5. The fourth-order valence-electron chi connectivity index (χ4n) is 2.73. The molecule has 30 heavy (non-hydrogen) atoms. The number of imide groups is 2. The highest BCUT2D eigenvalue weighted by Gasteiger charge is 2.35. The zero-order chi connectivity index (χ0) is 22.3. The highest BCUT2D eigenvalue weighted by Crippen LogP contribution is 2.24. The third-order valence-corrected chi connectivity index (χ3v) is 4.51. The molecule has 0 bridgehead atoms. The summed E-state index contributed by atoms with van der Waals surface area (Å²) >= 11 is 0. The Bertz CT molecular complexity index is 853. The molecule has 1 aliphatic rings. The van der Waals surface area contributed by atoms with E-state index in [-0.39, 0.29) is 29.3 Å². The molecule has 0 aliphatic carbocycles. The first-order chi connectivity index (χ1) is 14.3.